The monoisotopic (exact) mass is 404 g/mol. The van der Waals surface area contributed by atoms with Gasteiger partial charge in [-0.25, -0.2) is 14.3 Å². The molecule has 4 aromatic rings. The Morgan fingerprint density at radius 1 is 1.14 bits per heavy atom. The van der Waals surface area contributed by atoms with Gasteiger partial charge in [0, 0.05) is 11.6 Å². The molecule has 1 aromatic carbocycles. The molecule has 0 unspecified atom stereocenters. The molecule has 29 heavy (non-hydrogen) atoms. The second kappa shape index (κ2) is 8.15. The molecule has 0 aliphatic rings. The highest BCUT2D eigenvalue weighted by Crippen LogP contribution is 2.32. The second-order valence-electron chi connectivity index (χ2n) is 5.78. The first-order chi connectivity index (χ1) is 13.8. The molecule has 3 heterocycles. The van der Waals surface area contributed by atoms with Crippen molar-refractivity contribution >= 4 is 11.6 Å². The Bertz CT molecular complexity index is 1110. The van der Waals surface area contributed by atoms with Crippen LogP contribution in [-0.4, -0.2) is 25.7 Å². The highest BCUT2D eigenvalue weighted by Gasteiger charge is 2.35. The predicted octanol–water partition coefficient (Wildman–Crippen LogP) is 3.85. The Labute approximate surface area is 162 Å². The minimum Gasteiger partial charge on any atom is -0.476 e. The van der Waals surface area contributed by atoms with Gasteiger partial charge in [-0.1, -0.05) is 30.3 Å². The van der Waals surface area contributed by atoms with Crippen LogP contribution >= 0.6 is 0 Å². The van der Waals surface area contributed by atoms with E-state index >= 15 is 0 Å². The van der Waals surface area contributed by atoms with Crippen LogP contribution in [0.2, 0.25) is 0 Å². The molecule has 0 aliphatic carbocycles. The van der Waals surface area contributed by atoms with Crippen LogP contribution in [0.5, 0.6) is 0 Å². The molecule has 150 valence electrons. The third kappa shape index (κ3) is 4.61. The molecular formula is C19H15F3N4O3. The predicted molar refractivity (Wildman–Crippen MR) is 97.0 cm³/mol. The van der Waals surface area contributed by atoms with Gasteiger partial charge in [-0.2, -0.15) is 18.3 Å². The number of nitrogens with zero attached hydrogens (tertiary/aromatic N) is 3. The minimum atomic E-state index is -4.69. The third-order valence-corrected chi connectivity index (χ3v) is 3.79. The number of fused-ring (bicyclic) bond motifs is 1. The summed E-state index contributed by atoms with van der Waals surface area (Å²) in [7, 11) is 0. The molecule has 0 aliphatic heterocycles. The number of carboxylic acid groups (broad SMARTS) is 1. The maximum Gasteiger partial charge on any atom is 0.433 e. The van der Waals surface area contributed by atoms with Gasteiger partial charge in [0.05, 0.1) is 18.5 Å². The molecule has 7 nitrogen and oxygen atoms in total. The zero-order valence-electron chi connectivity index (χ0n) is 14.8. The van der Waals surface area contributed by atoms with Gasteiger partial charge in [-0.15, -0.1) is 0 Å². The van der Waals surface area contributed by atoms with Gasteiger partial charge in [0.1, 0.15) is 5.76 Å². The molecule has 0 atom stereocenters. The van der Waals surface area contributed by atoms with E-state index in [1.807, 2.05) is 12.1 Å². The minimum absolute atomic E-state index is 0.0947. The lowest BCUT2D eigenvalue weighted by Crippen LogP contribution is -2.14. The number of aromatic nitrogens is 3. The van der Waals surface area contributed by atoms with E-state index in [-0.39, 0.29) is 11.3 Å². The van der Waals surface area contributed by atoms with E-state index in [9.17, 15) is 18.0 Å². The second-order valence-corrected chi connectivity index (χ2v) is 5.78. The topological polar surface area (TPSA) is 107 Å². The zero-order valence-corrected chi connectivity index (χ0v) is 14.8. The lowest BCUT2D eigenvalue weighted by molar-refractivity contribution is -0.142. The van der Waals surface area contributed by atoms with Crippen molar-refractivity contribution in [2.24, 2.45) is 5.73 Å². The van der Waals surface area contributed by atoms with Gasteiger partial charge < -0.3 is 15.3 Å². The molecule has 0 fully saturated rings. The van der Waals surface area contributed by atoms with Crippen molar-refractivity contribution < 1.29 is 27.5 Å². The number of alkyl halides is 3. The Hall–Kier alpha value is -3.66. The van der Waals surface area contributed by atoms with Crippen molar-refractivity contribution in [2.45, 2.75) is 12.7 Å². The summed E-state index contributed by atoms with van der Waals surface area (Å²) in [5.41, 5.74) is 4.04. The van der Waals surface area contributed by atoms with Crippen molar-refractivity contribution in [1.82, 2.24) is 14.6 Å². The molecular weight excluding hydrogens is 389 g/mol. The van der Waals surface area contributed by atoms with E-state index in [1.54, 1.807) is 36.6 Å². The van der Waals surface area contributed by atoms with E-state index in [4.69, 9.17) is 15.3 Å². The van der Waals surface area contributed by atoms with Crippen molar-refractivity contribution in [3.63, 3.8) is 0 Å². The van der Waals surface area contributed by atoms with Gasteiger partial charge in [0.15, 0.2) is 17.0 Å². The number of carbonyl (C=O) groups is 1. The Balaban J connectivity index is 0.000000290. The fourth-order valence-electron chi connectivity index (χ4n) is 2.47. The summed E-state index contributed by atoms with van der Waals surface area (Å²) in [6.07, 6.45) is -3.07. The summed E-state index contributed by atoms with van der Waals surface area (Å²) < 4.78 is 44.9. The molecule has 4 rings (SSSR count). The quantitative estimate of drug-likeness (QED) is 0.537. The lowest BCUT2D eigenvalue weighted by atomic mass is 10.1. The average molecular weight is 404 g/mol. The summed E-state index contributed by atoms with van der Waals surface area (Å²) in [5.74, 6) is -0.583. The largest absolute Gasteiger partial charge is 0.476 e. The Morgan fingerprint density at radius 3 is 2.38 bits per heavy atom. The van der Waals surface area contributed by atoms with Crippen LogP contribution in [0.15, 0.2) is 65.3 Å². The molecule has 0 saturated heterocycles. The van der Waals surface area contributed by atoms with E-state index in [2.05, 4.69) is 10.1 Å². The molecule has 0 saturated carbocycles. The molecule has 0 spiro atoms. The van der Waals surface area contributed by atoms with Crippen LogP contribution in [0.1, 0.15) is 21.9 Å². The fourth-order valence-corrected chi connectivity index (χ4v) is 2.47. The van der Waals surface area contributed by atoms with Gasteiger partial charge in [0.2, 0.25) is 0 Å². The van der Waals surface area contributed by atoms with E-state index < -0.39 is 23.5 Å². The lowest BCUT2D eigenvalue weighted by Gasteiger charge is -2.10. The van der Waals surface area contributed by atoms with E-state index in [0.717, 1.165) is 17.9 Å². The fraction of sp³-hybridized carbons (Fsp3) is 0.105. The van der Waals surface area contributed by atoms with E-state index in [0.29, 0.717) is 16.6 Å². The number of carboxylic acids is 1. The summed E-state index contributed by atoms with van der Waals surface area (Å²) >= 11 is 0. The maximum atomic E-state index is 13.2. The molecule has 0 bridgehead atoms. The highest BCUT2D eigenvalue weighted by atomic mass is 19.4. The maximum absolute atomic E-state index is 13.2. The number of rotatable bonds is 3. The standard InChI is InChI=1S/C14H8F3N3O2.C5H7NO/c15-14(16,17)11-6-9(8-4-2-1-3-5-8)18-12-7-10(13(21)22)19-20(11)12;6-4-5-2-1-3-7-5/h1-7H,(H,21,22);1-3H,4,6H2. The van der Waals surface area contributed by atoms with Crippen LogP contribution in [0, 0.1) is 0 Å². The number of benzene rings is 1. The number of hydrogen-bond acceptors (Lipinski definition) is 5. The third-order valence-electron chi connectivity index (χ3n) is 3.79. The molecule has 3 aromatic heterocycles. The summed E-state index contributed by atoms with van der Waals surface area (Å²) in [5, 5.41) is 12.3. The summed E-state index contributed by atoms with van der Waals surface area (Å²) in [6.45, 7) is 0.493. The first kappa shape index (κ1) is 20.1. The van der Waals surface area contributed by atoms with Crippen molar-refractivity contribution in [2.75, 3.05) is 0 Å². The SMILES string of the molecule is NCc1ccco1.O=C(O)c1cc2nc(-c3ccccc3)cc(C(F)(F)F)n2n1. The van der Waals surface area contributed by atoms with Crippen molar-refractivity contribution in [3.8, 4) is 11.3 Å². The smallest absolute Gasteiger partial charge is 0.433 e. The van der Waals surface area contributed by atoms with Crippen LogP contribution < -0.4 is 5.73 Å². The van der Waals surface area contributed by atoms with Crippen LogP contribution in [0.4, 0.5) is 13.2 Å². The van der Waals surface area contributed by atoms with Crippen molar-refractivity contribution in [3.05, 3.63) is 78.0 Å². The summed E-state index contributed by atoms with van der Waals surface area (Å²) in [6, 6.07) is 13.8. The van der Waals surface area contributed by atoms with Gasteiger partial charge >= 0.3 is 12.1 Å². The normalized spacial score (nSPS) is 11.2. The first-order valence-electron chi connectivity index (χ1n) is 8.29. The van der Waals surface area contributed by atoms with Crippen LogP contribution in [0.25, 0.3) is 16.9 Å². The Morgan fingerprint density at radius 2 is 1.86 bits per heavy atom. The van der Waals surface area contributed by atoms with Crippen LogP contribution in [0.3, 0.4) is 0 Å². The highest BCUT2D eigenvalue weighted by molar-refractivity contribution is 5.86. The number of aromatic carboxylic acids is 1. The number of hydrogen-bond donors (Lipinski definition) is 2. The number of halogens is 3. The average Bonchev–Trinajstić information content (AvgIpc) is 3.37. The molecule has 0 amide bonds. The van der Waals surface area contributed by atoms with Gasteiger partial charge in [-0.05, 0) is 18.2 Å². The molecule has 10 heteroatoms. The molecule has 3 N–H and O–H groups in total. The summed E-state index contributed by atoms with van der Waals surface area (Å²) in [4.78, 5) is 15.0. The molecule has 0 radical (unpaired) electrons. The van der Waals surface area contributed by atoms with E-state index in [1.165, 1.54) is 0 Å². The van der Waals surface area contributed by atoms with Crippen molar-refractivity contribution in [1.29, 1.82) is 0 Å². The first-order valence-corrected chi connectivity index (χ1v) is 8.29. The van der Waals surface area contributed by atoms with Gasteiger partial charge in [-0.3, -0.25) is 0 Å². The Kier molecular flexibility index (Phi) is 5.64. The van der Waals surface area contributed by atoms with Gasteiger partial charge in [0.25, 0.3) is 0 Å². The van der Waals surface area contributed by atoms with Crippen LogP contribution in [-0.2, 0) is 12.7 Å². The number of nitrogens with two attached hydrogens (primary N) is 1. The zero-order chi connectivity index (χ0) is 21.0. The number of furan rings is 1.